The zero-order valence-corrected chi connectivity index (χ0v) is 12.1. The van der Waals surface area contributed by atoms with Crippen LogP contribution >= 0.6 is 0 Å². The van der Waals surface area contributed by atoms with Gasteiger partial charge in [0.15, 0.2) is 0 Å². The van der Waals surface area contributed by atoms with Gasteiger partial charge in [0.25, 0.3) is 0 Å². The van der Waals surface area contributed by atoms with Crippen LogP contribution in [0.2, 0.25) is 0 Å². The maximum Gasteiger partial charge on any atom is 0.322 e. The van der Waals surface area contributed by atoms with Crippen LogP contribution in [0.1, 0.15) is 32.1 Å². The van der Waals surface area contributed by atoms with E-state index in [1.165, 1.54) is 0 Å². The topological polar surface area (TPSA) is 159 Å². The minimum Gasteiger partial charge on any atom is -0.480 e. The highest BCUT2D eigenvalue weighted by Gasteiger charge is 2.30. The van der Waals surface area contributed by atoms with Crippen molar-refractivity contribution in [1.29, 1.82) is 0 Å². The molecule has 124 valence electrons. The highest BCUT2D eigenvalue weighted by molar-refractivity contribution is 5.89. The molecule has 0 aromatic rings. The maximum absolute atomic E-state index is 11.9. The molecule has 22 heavy (non-hydrogen) atoms. The molecular formula is C13H21N3O6. The van der Waals surface area contributed by atoms with E-state index in [0.29, 0.717) is 12.3 Å². The summed E-state index contributed by atoms with van der Waals surface area (Å²) >= 11 is 0. The Labute approximate surface area is 127 Å². The van der Waals surface area contributed by atoms with Gasteiger partial charge in [0.05, 0.1) is 0 Å². The number of carbonyl (C=O) groups is 4. The highest BCUT2D eigenvalue weighted by Crippen LogP contribution is 2.33. The molecule has 0 spiro atoms. The Morgan fingerprint density at radius 3 is 2.32 bits per heavy atom. The lowest BCUT2D eigenvalue weighted by Gasteiger charge is -2.18. The molecule has 0 heterocycles. The molecule has 1 aliphatic carbocycles. The van der Waals surface area contributed by atoms with Crippen molar-refractivity contribution in [2.24, 2.45) is 11.7 Å². The van der Waals surface area contributed by atoms with E-state index in [2.05, 4.69) is 10.6 Å². The van der Waals surface area contributed by atoms with Crippen LogP contribution in [0.4, 0.5) is 0 Å². The molecule has 0 aliphatic heterocycles. The van der Waals surface area contributed by atoms with Crippen LogP contribution in [0.15, 0.2) is 0 Å². The molecule has 9 nitrogen and oxygen atoms in total. The smallest absolute Gasteiger partial charge is 0.322 e. The molecule has 1 fully saturated rings. The molecule has 0 saturated heterocycles. The van der Waals surface area contributed by atoms with E-state index in [1.807, 2.05) is 0 Å². The number of rotatable bonds is 10. The fourth-order valence-electron chi connectivity index (χ4n) is 1.88. The number of nitrogens with two attached hydrogens (primary N) is 1. The molecule has 2 atom stereocenters. The van der Waals surface area contributed by atoms with E-state index in [9.17, 15) is 19.2 Å². The number of hydrogen-bond donors (Lipinski definition) is 5. The van der Waals surface area contributed by atoms with Crippen molar-refractivity contribution in [3.8, 4) is 0 Å². The second kappa shape index (κ2) is 8.32. The van der Waals surface area contributed by atoms with Gasteiger partial charge in [0.2, 0.25) is 11.8 Å². The summed E-state index contributed by atoms with van der Waals surface area (Å²) in [7, 11) is 0. The Morgan fingerprint density at radius 2 is 1.82 bits per heavy atom. The van der Waals surface area contributed by atoms with Crippen LogP contribution in [0.5, 0.6) is 0 Å². The molecule has 1 aliphatic rings. The zero-order chi connectivity index (χ0) is 16.7. The fourth-order valence-corrected chi connectivity index (χ4v) is 1.88. The van der Waals surface area contributed by atoms with Crippen LogP contribution in [0.3, 0.4) is 0 Å². The monoisotopic (exact) mass is 315 g/mol. The molecule has 0 aromatic carbocycles. The number of nitrogens with one attached hydrogen (secondary N) is 2. The highest BCUT2D eigenvalue weighted by atomic mass is 16.4. The van der Waals surface area contributed by atoms with Crippen LogP contribution in [0.25, 0.3) is 0 Å². The largest absolute Gasteiger partial charge is 0.480 e. The Hall–Kier alpha value is -2.16. The first-order valence-electron chi connectivity index (χ1n) is 7.06. The molecule has 1 saturated carbocycles. The summed E-state index contributed by atoms with van der Waals surface area (Å²) in [6.45, 7) is -0.514. The molecule has 0 aromatic heterocycles. The van der Waals surface area contributed by atoms with E-state index in [0.717, 1.165) is 12.8 Å². The van der Waals surface area contributed by atoms with Gasteiger partial charge < -0.3 is 26.6 Å². The lowest BCUT2D eigenvalue weighted by Crippen LogP contribution is -2.48. The van der Waals surface area contributed by atoms with Gasteiger partial charge in [-0.15, -0.1) is 0 Å². The molecule has 2 unspecified atom stereocenters. The van der Waals surface area contributed by atoms with Gasteiger partial charge in [-0.3, -0.25) is 19.2 Å². The summed E-state index contributed by atoms with van der Waals surface area (Å²) in [6, 6.07) is -1.94. The average Bonchev–Trinajstić information content (AvgIpc) is 3.25. The number of hydrogen-bond acceptors (Lipinski definition) is 5. The summed E-state index contributed by atoms with van der Waals surface area (Å²) in [5, 5.41) is 21.9. The summed E-state index contributed by atoms with van der Waals surface area (Å²) in [4.78, 5) is 44.7. The van der Waals surface area contributed by atoms with Gasteiger partial charge in [-0.2, -0.15) is 0 Å². The third kappa shape index (κ3) is 7.02. The molecule has 0 bridgehead atoms. The van der Waals surface area contributed by atoms with Crippen LogP contribution in [0, 0.1) is 5.92 Å². The average molecular weight is 315 g/mol. The first-order valence-corrected chi connectivity index (χ1v) is 7.06. The first kappa shape index (κ1) is 17.9. The van der Waals surface area contributed by atoms with Gasteiger partial charge >= 0.3 is 11.9 Å². The lowest BCUT2D eigenvalue weighted by atomic mass is 10.1. The molecule has 9 heteroatoms. The summed E-state index contributed by atoms with van der Waals surface area (Å²) in [5.74, 6) is -3.04. The van der Waals surface area contributed by atoms with Gasteiger partial charge in [-0.05, 0) is 18.8 Å². The summed E-state index contributed by atoms with van der Waals surface area (Å²) < 4.78 is 0. The quantitative estimate of drug-likeness (QED) is 0.334. The first-order chi connectivity index (χ1) is 10.3. The van der Waals surface area contributed by atoms with Crippen LogP contribution < -0.4 is 16.4 Å². The Kier molecular flexibility index (Phi) is 6.77. The Bertz CT molecular complexity index is 449. The molecule has 1 rings (SSSR count). The second-order valence-electron chi connectivity index (χ2n) is 5.39. The van der Waals surface area contributed by atoms with Crippen molar-refractivity contribution in [2.75, 3.05) is 6.54 Å². The summed E-state index contributed by atoms with van der Waals surface area (Å²) in [5.41, 5.74) is 5.30. The van der Waals surface area contributed by atoms with E-state index in [4.69, 9.17) is 15.9 Å². The predicted molar refractivity (Wildman–Crippen MR) is 74.8 cm³/mol. The SMILES string of the molecule is NC(CCC(=O)NC(CC1CC1)C(=O)NCC(=O)O)C(=O)O. The van der Waals surface area contributed by atoms with Gasteiger partial charge in [-0.25, -0.2) is 0 Å². The Balaban J connectivity index is 2.45. The van der Waals surface area contributed by atoms with Gasteiger partial charge in [0.1, 0.15) is 18.6 Å². The molecule has 6 N–H and O–H groups in total. The van der Waals surface area contributed by atoms with Crippen LogP contribution in [-0.2, 0) is 19.2 Å². The van der Waals surface area contributed by atoms with Crippen molar-refractivity contribution in [2.45, 2.75) is 44.2 Å². The number of aliphatic carboxylic acids is 2. The van der Waals surface area contributed by atoms with Crippen molar-refractivity contribution in [3.63, 3.8) is 0 Å². The Morgan fingerprint density at radius 1 is 1.18 bits per heavy atom. The maximum atomic E-state index is 11.9. The molecular weight excluding hydrogens is 294 g/mol. The number of carbonyl (C=O) groups excluding carboxylic acids is 2. The lowest BCUT2D eigenvalue weighted by molar-refractivity contribution is -0.139. The van der Waals surface area contributed by atoms with Crippen molar-refractivity contribution in [1.82, 2.24) is 10.6 Å². The van der Waals surface area contributed by atoms with Crippen molar-refractivity contribution >= 4 is 23.8 Å². The summed E-state index contributed by atoms with van der Waals surface area (Å²) in [6.07, 6.45) is 2.25. The van der Waals surface area contributed by atoms with Crippen LogP contribution in [-0.4, -0.2) is 52.6 Å². The normalized spacial score (nSPS) is 16.4. The van der Waals surface area contributed by atoms with Gasteiger partial charge in [-0.1, -0.05) is 12.8 Å². The van der Waals surface area contributed by atoms with Gasteiger partial charge in [0, 0.05) is 6.42 Å². The van der Waals surface area contributed by atoms with Crippen molar-refractivity contribution in [3.05, 3.63) is 0 Å². The third-order valence-electron chi connectivity index (χ3n) is 3.33. The van der Waals surface area contributed by atoms with E-state index < -0.39 is 42.4 Å². The number of amides is 2. The number of carboxylic acid groups (broad SMARTS) is 2. The molecule has 0 radical (unpaired) electrons. The second-order valence-corrected chi connectivity index (χ2v) is 5.39. The minimum absolute atomic E-state index is 0.0337. The third-order valence-corrected chi connectivity index (χ3v) is 3.33. The zero-order valence-electron chi connectivity index (χ0n) is 12.1. The van der Waals surface area contributed by atoms with E-state index in [1.54, 1.807) is 0 Å². The standard InChI is InChI=1S/C13H21N3O6/c14-8(13(21)22)3-4-10(17)16-9(5-7-1-2-7)12(20)15-6-11(18)19/h7-9H,1-6,14H2,(H,15,20)(H,16,17)(H,18,19)(H,21,22). The minimum atomic E-state index is -1.19. The number of carboxylic acids is 2. The van der Waals surface area contributed by atoms with E-state index in [-0.39, 0.29) is 12.8 Å². The fraction of sp³-hybridized carbons (Fsp3) is 0.692. The van der Waals surface area contributed by atoms with E-state index >= 15 is 0 Å². The van der Waals surface area contributed by atoms with Crippen molar-refractivity contribution < 1.29 is 29.4 Å². The predicted octanol–water partition coefficient (Wildman–Crippen LogP) is -1.34. The molecule has 2 amide bonds.